The summed E-state index contributed by atoms with van der Waals surface area (Å²) in [5, 5.41) is 0. The Morgan fingerprint density at radius 3 is 2.24 bits per heavy atom. The van der Waals surface area contributed by atoms with Gasteiger partial charge >= 0.3 is 0 Å². The van der Waals surface area contributed by atoms with Crippen molar-refractivity contribution in [2.75, 3.05) is 43.6 Å². The topological polar surface area (TPSA) is 78.9 Å². The molecule has 0 aliphatic carbocycles. The van der Waals surface area contributed by atoms with Gasteiger partial charge in [-0.2, -0.15) is 0 Å². The Hall–Kier alpha value is -2.91. The Morgan fingerprint density at radius 1 is 0.878 bits per heavy atom. The Kier molecular flexibility index (Phi) is 14.0. The molecule has 0 radical (unpaired) electrons. The number of pyridine rings is 2. The summed E-state index contributed by atoms with van der Waals surface area (Å²) in [6.07, 6.45) is 7.34. The lowest BCUT2D eigenvalue weighted by Gasteiger charge is -2.25. The highest BCUT2D eigenvalue weighted by Gasteiger charge is 2.44. The summed E-state index contributed by atoms with van der Waals surface area (Å²) in [6.45, 7) is 8.51. The highest BCUT2D eigenvalue weighted by Crippen LogP contribution is 2.39. The molecule has 0 spiro atoms. The highest BCUT2D eigenvalue weighted by atomic mass is 35.5. The minimum Gasteiger partial charge on any atom is -0.493 e. The number of halogens is 3. The maximum Gasteiger partial charge on any atom is 0.241 e. The minimum atomic E-state index is -1.13. The Bertz CT molecular complexity index is 1290. The molecule has 1 aliphatic heterocycles. The molecule has 1 aromatic carbocycles. The van der Waals surface area contributed by atoms with Gasteiger partial charge in [-0.15, -0.1) is 37.2 Å². The van der Waals surface area contributed by atoms with Crippen molar-refractivity contribution in [3.8, 4) is 5.75 Å². The number of carbonyl (C=O) groups is 2. The van der Waals surface area contributed by atoms with Gasteiger partial charge in [0.25, 0.3) is 0 Å². The van der Waals surface area contributed by atoms with Gasteiger partial charge in [0.05, 0.1) is 18.0 Å². The van der Waals surface area contributed by atoms with Crippen LogP contribution in [0.1, 0.15) is 37.1 Å². The fraction of sp³-hybridized carbons (Fsp3) is 0.400. The van der Waals surface area contributed by atoms with E-state index in [1.54, 1.807) is 43.9 Å². The smallest absolute Gasteiger partial charge is 0.241 e. The van der Waals surface area contributed by atoms with Crippen molar-refractivity contribution >= 4 is 60.4 Å². The second-order valence-electron chi connectivity index (χ2n) is 10.4. The zero-order valence-corrected chi connectivity index (χ0v) is 26.7. The van der Waals surface area contributed by atoms with E-state index in [2.05, 4.69) is 33.1 Å². The van der Waals surface area contributed by atoms with E-state index in [0.29, 0.717) is 23.7 Å². The van der Waals surface area contributed by atoms with Crippen LogP contribution in [0, 0.1) is 12.3 Å². The van der Waals surface area contributed by atoms with Crippen LogP contribution in [0.4, 0.5) is 11.4 Å². The Balaban J connectivity index is 0.00000280. The largest absolute Gasteiger partial charge is 0.493 e. The molecule has 2 amide bonds. The first-order valence-corrected chi connectivity index (χ1v) is 13.0. The summed E-state index contributed by atoms with van der Waals surface area (Å²) in [7, 11) is 3.42. The molecule has 3 aromatic rings. The Labute approximate surface area is 261 Å². The maximum absolute atomic E-state index is 13.0. The first kappa shape index (κ1) is 36.1. The number of hydrogen-bond acceptors (Lipinski definition) is 6. The predicted octanol–water partition coefficient (Wildman–Crippen LogP) is 5.53. The quantitative estimate of drug-likeness (QED) is 0.218. The number of rotatable bonds is 10. The second kappa shape index (κ2) is 15.9. The SMILES string of the molecule is Cc1cc(CN(CCCOc2ccc3c(c2)N(C)C(=O)C(C)(C)C(=O)N3C)CCc2cccnc2)ccn1.Cl.Cl.Cl. The van der Waals surface area contributed by atoms with Gasteiger partial charge in [0, 0.05) is 64.1 Å². The van der Waals surface area contributed by atoms with Gasteiger partial charge in [-0.25, -0.2) is 0 Å². The zero-order valence-electron chi connectivity index (χ0n) is 24.2. The lowest BCUT2D eigenvalue weighted by Crippen LogP contribution is -2.46. The van der Waals surface area contributed by atoms with Crippen LogP contribution >= 0.6 is 37.2 Å². The molecule has 2 aromatic heterocycles. The number of nitrogens with zero attached hydrogens (tertiary/aromatic N) is 5. The number of hydrogen-bond donors (Lipinski definition) is 0. The van der Waals surface area contributed by atoms with Crippen LogP contribution in [0.15, 0.2) is 61.1 Å². The van der Waals surface area contributed by atoms with E-state index in [1.165, 1.54) is 11.1 Å². The fourth-order valence-electron chi connectivity index (χ4n) is 4.84. The third-order valence-corrected chi connectivity index (χ3v) is 7.04. The maximum atomic E-state index is 13.0. The monoisotopic (exact) mass is 623 g/mol. The van der Waals surface area contributed by atoms with Crippen molar-refractivity contribution in [2.45, 2.75) is 40.2 Å². The van der Waals surface area contributed by atoms with Crippen molar-refractivity contribution in [1.82, 2.24) is 14.9 Å². The predicted molar refractivity (Wildman–Crippen MR) is 171 cm³/mol. The molecule has 0 saturated carbocycles. The van der Waals surface area contributed by atoms with E-state index in [4.69, 9.17) is 4.74 Å². The molecule has 0 unspecified atom stereocenters. The van der Waals surface area contributed by atoms with Gasteiger partial charge in [-0.1, -0.05) is 6.07 Å². The average molecular weight is 625 g/mol. The van der Waals surface area contributed by atoms with Crippen LogP contribution in [-0.2, 0) is 22.6 Å². The summed E-state index contributed by atoms with van der Waals surface area (Å²) < 4.78 is 6.10. The third-order valence-electron chi connectivity index (χ3n) is 7.04. The van der Waals surface area contributed by atoms with Crippen LogP contribution in [0.5, 0.6) is 5.75 Å². The summed E-state index contributed by atoms with van der Waals surface area (Å²) >= 11 is 0. The summed E-state index contributed by atoms with van der Waals surface area (Å²) in [5.74, 6) is 0.217. The van der Waals surface area contributed by atoms with E-state index in [-0.39, 0.29) is 49.0 Å². The van der Waals surface area contributed by atoms with Crippen LogP contribution < -0.4 is 14.5 Å². The van der Waals surface area contributed by atoms with Crippen molar-refractivity contribution in [3.05, 3.63) is 77.9 Å². The molecule has 224 valence electrons. The molecular formula is C30H40Cl3N5O3. The lowest BCUT2D eigenvalue weighted by atomic mass is 9.90. The number of carbonyl (C=O) groups excluding carboxylic acids is 2. The molecule has 11 heteroatoms. The average Bonchev–Trinajstić information content (AvgIpc) is 2.96. The van der Waals surface area contributed by atoms with Crippen molar-refractivity contribution in [3.63, 3.8) is 0 Å². The van der Waals surface area contributed by atoms with E-state index < -0.39 is 5.41 Å². The molecular weight excluding hydrogens is 585 g/mol. The summed E-state index contributed by atoms with van der Waals surface area (Å²) in [6, 6.07) is 13.8. The van der Waals surface area contributed by atoms with Gasteiger partial charge in [0.2, 0.25) is 11.8 Å². The highest BCUT2D eigenvalue weighted by molar-refractivity contribution is 6.19. The number of aryl methyl sites for hydroxylation is 1. The number of anilines is 2. The van der Waals surface area contributed by atoms with E-state index in [9.17, 15) is 9.59 Å². The molecule has 0 fully saturated rings. The van der Waals surface area contributed by atoms with Crippen LogP contribution in [0.3, 0.4) is 0 Å². The number of ether oxygens (including phenoxy) is 1. The van der Waals surface area contributed by atoms with Gasteiger partial charge in [0.1, 0.15) is 11.2 Å². The van der Waals surface area contributed by atoms with Gasteiger partial charge in [-0.05, 0) is 75.1 Å². The molecule has 8 nitrogen and oxygen atoms in total. The molecule has 0 bridgehead atoms. The van der Waals surface area contributed by atoms with Gasteiger partial charge in [0.15, 0.2) is 0 Å². The molecule has 3 heterocycles. The minimum absolute atomic E-state index is 0. The van der Waals surface area contributed by atoms with Crippen molar-refractivity contribution in [1.29, 1.82) is 0 Å². The lowest BCUT2D eigenvalue weighted by molar-refractivity contribution is -0.137. The van der Waals surface area contributed by atoms with E-state index in [1.807, 2.05) is 43.6 Å². The molecule has 0 N–H and O–H groups in total. The summed E-state index contributed by atoms with van der Waals surface area (Å²) in [5.41, 5.74) is 3.70. The van der Waals surface area contributed by atoms with Crippen molar-refractivity contribution < 1.29 is 14.3 Å². The molecule has 1 aliphatic rings. The number of benzene rings is 1. The van der Waals surface area contributed by atoms with E-state index in [0.717, 1.165) is 38.2 Å². The van der Waals surface area contributed by atoms with Crippen LogP contribution in [0.2, 0.25) is 0 Å². The number of amides is 2. The zero-order chi connectivity index (χ0) is 27.3. The first-order chi connectivity index (χ1) is 18.2. The molecule has 0 atom stereocenters. The molecule has 4 rings (SSSR count). The van der Waals surface area contributed by atoms with Crippen LogP contribution in [-0.4, -0.2) is 60.5 Å². The third kappa shape index (κ3) is 8.79. The van der Waals surface area contributed by atoms with Gasteiger partial charge in [-0.3, -0.25) is 24.5 Å². The van der Waals surface area contributed by atoms with Gasteiger partial charge < -0.3 is 14.5 Å². The first-order valence-electron chi connectivity index (χ1n) is 13.0. The fourth-order valence-corrected chi connectivity index (χ4v) is 4.84. The normalized spacial score (nSPS) is 13.9. The second-order valence-corrected chi connectivity index (χ2v) is 10.4. The standard InChI is InChI=1S/C30H37N5O3.3ClH/c1-22-18-24(11-14-32-22)21-35(16-12-23-8-6-13-31-20-23)15-7-17-38-25-9-10-26-27(19-25)34(5)29(37)30(2,3)28(36)33(26)4;;;/h6,8-11,13-14,18-20H,7,12,15-17,21H2,1-5H3;3*1H. The molecule has 41 heavy (non-hydrogen) atoms. The van der Waals surface area contributed by atoms with E-state index >= 15 is 0 Å². The summed E-state index contributed by atoms with van der Waals surface area (Å²) in [4.78, 5) is 40.0. The van der Waals surface area contributed by atoms with Crippen LogP contribution in [0.25, 0.3) is 0 Å². The van der Waals surface area contributed by atoms with Crippen molar-refractivity contribution in [2.24, 2.45) is 5.41 Å². The number of fused-ring (bicyclic) bond motifs is 1. The Morgan fingerprint density at radius 2 is 1.59 bits per heavy atom. The molecule has 0 saturated heterocycles. The number of aromatic nitrogens is 2.